The topological polar surface area (TPSA) is 117 Å². The van der Waals surface area contributed by atoms with Gasteiger partial charge in [-0.3, -0.25) is 14.9 Å². The summed E-state index contributed by atoms with van der Waals surface area (Å²) in [6.45, 7) is -0.533. The van der Waals surface area contributed by atoms with Gasteiger partial charge in [0.15, 0.2) is 6.61 Å². The van der Waals surface area contributed by atoms with Crippen molar-refractivity contribution in [3.8, 4) is 11.3 Å². The Labute approximate surface area is 183 Å². The number of fused-ring (bicyclic) bond motifs is 1. The SMILES string of the molecule is Cn1c(-c2ccccc2)c(C(=O)COC(=O)c2cc([N+](=O)[O-])ccc2N)c2ccccc21. The van der Waals surface area contributed by atoms with E-state index < -0.39 is 23.3 Å². The van der Waals surface area contributed by atoms with Crippen LogP contribution >= 0.6 is 0 Å². The van der Waals surface area contributed by atoms with Crippen LogP contribution in [0, 0.1) is 10.1 Å². The Morgan fingerprint density at radius 2 is 1.72 bits per heavy atom. The van der Waals surface area contributed by atoms with Gasteiger partial charge in [-0.25, -0.2) is 4.79 Å². The van der Waals surface area contributed by atoms with E-state index in [1.807, 2.05) is 66.2 Å². The molecule has 1 aromatic heterocycles. The highest BCUT2D eigenvalue weighted by Gasteiger charge is 2.24. The molecule has 3 aromatic carbocycles. The van der Waals surface area contributed by atoms with Crippen molar-refractivity contribution in [1.29, 1.82) is 0 Å². The lowest BCUT2D eigenvalue weighted by Gasteiger charge is -2.09. The molecular weight excluding hydrogens is 410 g/mol. The van der Waals surface area contributed by atoms with Gasteiger partial charge in [-0.2, -0.15) is 0 Å². The number of carbonyl (C=O) groups is 2. The number of benzene rings is 3. The summed E-state index contributed by atoms with van der Waals surface area (Å²) < 4.78 is 7.14. The van der Waals surface area contributed by atoms with Crippen LogP contribution in [0.25, 0.3) is 22.2 Å². The van der Waals surface area contributed by atoms with E-state index in [4.69, 9.17) is 10.5 Å². The molecule has 8 nitrogen and oxygen atoms in total. The maximum Gasteiger partial charge on any atom is 0.340 e. The molecule has 0 spiro atoms. The Hall–Kier alpha value is -4.46. The van der Waals surface area contributed by atoms with E-state index in [9.17, 15) is 19.7 Å². The van der Waals surface area contributed by atoms with Crippen molar-refractivity contribution in [2.24, 2.45) is 7.05 Å². The Morgan fingerprint density at radius 3 is 2.44 bits per heavy atom. The molecule has 4 rings (SSSR count). The number of rotatable bonds is 6. The van der Waals surface area contributed by atoms with Gasteiger partial charge in [0.2, 0.25) is 5.78 Å². The average Bonchev–Trinajstić information content (AvgIpc) is 3.10. The zero-order valence-electron chi connectivity index (χ0n) is 17.1. The maximum absolute atomic E-state index is 13.2. The number of aryl methyl sites for hydroxylation is 1. The Kier molecular flexibility index (Phi) is 5.43. The van der Waals surface area contributed by atoms with Crippen molar-refractivity contribution in [2.75, 3.05) is 12.3 Å². The average molecular weight is 429 g/mol. The molecule has 0 fully saturated rings. The van der Waals surface area contributed by atoms with Gasteiger partial charge in [-0.05, 0) is 17.7 Å². The first kappa shape index (κ1) is 20.8. The summed E-state index contributed by atoms with van der Waals surface area (Å²) >= 11 is 0. The van der Waals surface area contributed by atoms with E-state index in [2.05, 4.69) is 0 Å². The molecule has 0 aliphatic carbocycles. The molecule has 0 aliphatic rings. The molecule has 0 atom stereocenters. The number of anilines is 1. The predicted octanol–water partition coefficient (Wildman–Crippen LogP) is 4.38. The standard InChI is InChI=1S/C24H19N3O5/c1-26-20-10-6-5-9-17(20)22(23(26)15-7-3-2-4-8-15)21(28)14-32-24(29)18-13-16(27(30)31)11-12-19(18)25/h2-13H,14,25H2,1H3. The molecule has 8 heteroatoms. The second kappa shape index (κ2) is 8.35. The third-order valence-corrected chi connectivity index (χ3v) is 5.23. The normalized spacial score (nSPS) is 10.8. The third-order valence-electron chi connectivity index (χ3n) is 5.23. The fourth-order valence-electron chi connectivity index (χ4n) is 3.73. The molecule has 1 heterocycles. The lowest BCUT2D eigenvalue weighted by atomic mass is 10.0. The summed E-state index contributed by atoms with van der Waals surface area (Å²) in [7, 11) is 1.87. The Bertz CT molecular complexity index is 1360. The van der Waals surface area contributed by atoms with Crippen LogP contribution in [0.2, 0.25) is 0 Å². The highest BCUT2D eigenvalue weighted by molar-refractivity contribution is 6.14. The first-order valence-electron chi connectivity index (χ1n) is 9.75. The van der Waals surface area contributed by atoms with Gasteiger partial charge in [0.1, 0.15) is 0 Å². The number of esters is 1. The third kappa shape index (κ3) is 3.69. The number of nitro groups is 1. The minimum absolute atomic E-state index is 0.0307. The zero-order chi connectivity index (χ0) is 22.8. The van der Waals surface area contributed by atoms with Gasteiger partial charge in [0.05, 0.1) is 21.7 Å². The Balaban J connectivity index is 1.68. The van der Waals surface area contributed by atoms with Gasteiger partial charge in [-0.1, -0.05) is 48.5 Å². The minimum Gasteiger partial charge on any atom is -0.454 e. The van der Waals surface area contributed by atoms with Crippen molar-refractivity contribution >= 4 is 34.0 Å². The fraction of sp³-hybridized carbons (Fsp3) is 0.0833. The number of nitrogens with two attached hydrogens (primary N) is 1. The van der Waals surface area contributed by atoms with Crippen molar-refractivity contribution in [1.82, 2.24) is 4.57 Å². The van der Waals surface area contributed by atoms with Gasteiger partial charge in [0.25, 0.3) is 5.69 Å². The summed E-state index contributed by atoms with van der Waals surface area (Å²) in [6.07, 6.45) is 0. The van der Waals surface area contributed by atoms with Crippen LogP contribution < -0.4 is 5.73 Å². The quantitative estimate of drug-likeness (QED) is 0.160. The Morgan fingerprint density at radius 1 is 1.03 bits per heavy atom. The molecule has 4 aromatic rings. The number of ketones is 1. The molecule has 0 amide bonds. The number of non-ortho nitro benzene ring substituents is 1. The number of ether oxygens (including phenoxy) is 1. The number of nitro benzene ring substituents is 1. The smallest absolute Gasteiger partial charge is 0.340 e. The van der Waals surface area contributed by atoms with E-state index in [1.54, 1.807) is 0 Å². The van der Waals surface area contributed by atoms with E-state index in [0.29, 0.717) is 11.3 Å². The van der Waals surface area contributed by atoms with Crippen molar-refractivity contribution in [2.45, 2.75) is 0 Å². The fourth-order valence-corrected chi connectivity index (χ4v) is 3.73. The zero-order valence-corrected chi connectivity index (χ0v) is 17.1. The number of hydrogen-bond donors (Lipinski definition) is 1. The second-order valence-electron chi connectivity index (χ2n) is 7.19. The number of para-hydroxylation sites is 1. The lowest BCUT2D eigenvalue weighted by molar-refractivity contribution is -0.384. The summed E-state index contributed by atoms with van der Waals surface area (Å²) in [5, 5.41) is 11.7. The number of Topliss-reactive ketones (excluding diaryl/α,β-unsaturated/α-hetero) is 1. The maximum atomic E-state index is 13.2. The van der Waals surface area contributed by atoms with Crippen LogP contribution in [-0.2, 0) is 11.8 Å². The molecule has 32 heavy (non-hydrogen) atoms. The van der Waals surface area contributed by atoms with E-state index >= 15 is 0 Å². The monoisotopic (exact) mass is 429 g/mol. The van der Waals surface area contributed by atoms with Crippen LogP contribution in [0.15, 0.2) is 72.8 Å². The van der Waals surface area contributed by atoms with Crippen LogP contribution in [0.5, 0.6) is 0 Å². The molecule has 0 saturated heterocycles. The molecule has 0 radical (unpaired) electrons. The summed E-state index contributed by atoms with van der Waals surface area (Å²) in [5.41, 5.74) is 8.22. The molecular formula is C24H19N3O5. The van der Waals surface area contributed by atoms with Gasteiger partial charge in [-0.15, -0.1) is 0 Å². The second-order valence-corrected chi connectivity index (χ2v) is 7.19. The predicted molar refractivity (Wildman–Crippen MR) is 120 cm³/mol. The van der Waals surface area contributed by atoms with Gasteiger partial charge in [0, 0.05) is 35.8 Å². The van der Waals surface area contributed by atoms with Crippen LogP contribution in [-0.4, -0.2) is 27.8 Å². The number of hydrogen-bond acceptors (Lipinski definition) is 6. The van der Waals surface area contributed by atoms with E-state index in [1.165, 1.54) is 12.1 Å². The first-order valence-corrected chi connectivity index (χ1v) is 9.75. The molecule has 2 N–H and O–H groups in total. The van der Waals surface area contributed by atoms with Crippen LogP contribution in [0.1, 0.15) is 20.7 Å². The molecule has 160 valence electrons. The van der Waals surface area contributed by atoms with Gasteiger partial charge < -0.3 is 15.0 Å². The number of carbonyl (C=O) groups excluding carboxylic acids is 2. The molecule has 0 unspecified atom stereocenters. The minimum atomic E-state index is -0.902. The van der Waals surface area contributed by atoms with E-state index in [-0.39, 0.29) is 16.9 Å². The summed E-state index contributed by atoms with van der Waals surface area (Å²) in [4.78, 5) is 36.1. The number of aromatic nitrogens is 1. The van der Waals surface area contributed by atoms with Crippen molar-refractivity contribution in [3.63, 3.8) is 0 Å². The first-order chi connectivity index (χ1) is 15.4. The van der Waals surface area contributed by atoms with Crippen molar-refractivity contribution in [3.05, 3.63) is 94.0 Å². The number of nitrogens with zero attached hydrogens (tertiary/aromatic N) is 2. The van der Waals surface area contributed by atoms with E-state index in [0.717, 1.165) is 22.5 Å². The highest BCUT2D eigenvalue weighted by Crippen LogP contribution is 2.33. The van der Waals surface area contributed by atoms with Crippen molar-refractivity contribution < 1.29 is 19.2 Å². The molecule has 0 bridgehead atoms. The highest BCUT2D eigenvalue weighted by atomic mass is 16.6. The molecule has 0 aliphatic heterocycles. The number of nitrogen functional groups attached to an aromatic ring is 1. The summed E-state index contributed by atoms with van der Waals surface area (Å²) in [5.74, 6) is -1.29. The van der Waals surface area contributed by atoms with Crippen LogP contribution in [0.4, 0.5) is 11.4 Å². The molecule has 0 saturated carbocycles. The van der Waals surface area contributed by atoms with Crippen LogP contribution in [0.3, 0.4) is 0 Å². The lowest BCUT2D eigenvalue weighted by Crippen LogP contribution is -2.16. The largest absolute Gasteiger partial charge is 0.454 e. The summed E-state index contributed by atoms with van der Waals surface area (Å²) in [6, 6.07) is 20.4. The van der Waals surface area contributed by atoms with Gasteiger partial charge >= 0.3 is 5.97 Å².